The van der Waals surface area contributed by atoms with Gasteiger partial charge in [-0.2, -0.15) is 0 Å². The van der Waals surface area contributed by atoms with E-state index in [1.54, 1.807) is 5.56 Å². The second kappa shape index (κ2) is 3.27. The normalized spacial score (nSPS) is 11.2. The summed E-state index contributed by atoms with van der Waals surface area (Å²) in [6.45, 7) is 4.42. The highest BCUT2D eigenvalue weighted by atomic mass is 127. The molecule has 0 unspecified atom stereocenters. The summed E-state index contributed by atoms with van der Waals surface area (Å²) in [4.78, 5) is 1.43. The van der Waals surface area contributed by atoms with E-state index >= 15 is 0 Å². The number of hydrogen-bond donors (Lipinski definition) is 0. The standard InChI is InChI=1S/C9H9IS2/c1-3-6-8-7(12-9(6)10)4-5(2)11-8/h4H,3H2,1-2H3. The van der Waals surface area contributed by atoms with Crippen molar-refractivity contribution < 1.29 is 0 Å². The summed E-state index contributed by atoms with van der Waals surface area (Å²) in [5.74, 6) is 0. The second-order valence-corrected chi connectivity index (χ2v) is 6.88. The molecule has 2 aromatic rings. The van der Waals surface area contributed by atoms with Gasteiger partial charge < -0.3 is 0 Å². The number of rotatable bonds is 1. The Bertz CT molecular complexity index is 411. The van der Waals surface area contributed by atoms with Gasteiger partial charge in [0.25, 0.3) is 0 Å². The molecule has 0 aromatic carbocycles. The van der Waals surface area contributed by atoms with Crippen molar-refractivity contribution in [2.24, 2.45) is 0 Å². The lowest BCUT2D eigenvalue weighted by atomic mass is 10.2. The molecule has 0 nitrogen and oxygen atoms in total. The lowest BCUT2D eigenvalue weighted by molar-refractivity contribution is 1.16. The predicted octanol–water partition coefficient (Wildman–Crippen LogP) is 4.44. The van der Waals surface area contributed by atoms with Crippen molar-refractivity contribution in [3.05, 3.63) is 19.4 Å². The van der Waals surface area contributed by atoms with E-state index in [2.05, 4.69) is 42.5 Å². The number of aryl methyl sites for hydroxylation is 2. The second-order valence-electron chi connectivity index (χ2n) is 2.76. The Labute approximate surface area is 93.8 Å². The Kier molecular flexibility index (Phi) is 2.44. The van der Waals surface area contributed by atoms with Crippen LogP contribution in [0.2, 0.25) is 0 Å². The molecule has 0 bridgehead atoms. The van der Waals surface area contributed by atoms with Crippen LogP contribution in [0.5, 0.6) is 0 Å². The molecule has 0 fully saturated rings. The van der Waals surface area contributed by atoms with Gasteiger partial charge in [-0.05, 0) is 47.6 Å². The average molecular weight is 308 g/mol. The fourth-order valence-corrected chi connectivity index (χ4v) is 5.30. The molecule has 2 heterocycles. The van der Waals surface area contributed by atoms with Gasteiger partial charge in [0.15, 0.2) is 0 Å². The summed E-state index contributed by atoms with van der Waals surface area (Å²) in [5, 5.41) is 0. The van der Waals surface area contributed by atoms with Crippen molar-refractivity contribution >= 4 is 54.7 Å². The first kappa shape index (κ1) is 8.97. The molecule has 2 rings (SSSR count). The van der Waals surface area contributed by atoms with Crippen LogP contribution in [-0.2, 0) is 6.42 Å². The van der Waals surface area contributed by atoms with E-state index in [1.807, 2.05) is 22.7 Å². The van der Waals surface area contributed by atoms with E-state index in [-0.39, 0.29) is 0 Å². The minimum absolute atomic E-state index is 1.16. The van der Waals surface area contributed by atoms with Gasteiger partial charge in [-0.1, -0.05) is 6.92 Å². The van der Waals surface area contributed by atoms with Crippen LogP contribution < -0.4 is 0 Å². The highest BCUT2D eigenvalue weighted by Crippen LogP contribution is 2.38. The molecule has 0 spiro atoms. The zero-order valence-corrected chi connectivity index (χ0v) is 10.8. The van der Waals surface area contributed by atoms with Crippen molar-refractivity contribution in [2.75, 3.05) is 0 Å². The number of hydrogen-bond acceptors (Lipinski definition) is 2. The summed E-state index contributed by atoms with van der Waals surface area (Å²) in [5.41, 5.74) is 1.55. The SMILES string of the molecule is CCc1c(I)sc2cc(C)sc12. The maximum absolute atomic E-state index is 2.45. The molecule has 0 N–H and O–H groups in total. The number of thiophene rings is 2. The van der Waals surface area contributed by atoms with E-state index in [0.717, 1.165) is 6.42 Å². The summed E-state index contributed by atoms with van der Waals surface area (Å²) in [6, 6.07) is 2.30. The van der Waals surface area contributed by atoms with Crippen molar-refractivity contribution in [2.45, 2.75) is 20.3 Å². The molecule has 64 valence electrons. The van der Waals surface area contributed by atoms with Gasteiger partial charge >= 0.3 is 0 Å². The predicted molar refractivity (Wildman–Crippen MR) is 66.5 cm³/mol. The highest BCUT2D eigenvalue weighted by Gasteiger charge is 2.10. The largest absolute Gasteiger partial charge is 0.139 e. The van der Waals surface area contributed by atoms with Gasteiger partial charge in [-0.15, -0.1) is 22.7 Å². The molecule has 0 atom stereocenters. The lowest BCUT2D eigenvalue weighted by Crippen LogP contribution is -1.75. The molecular formula is C9H9IS2. The maximum Gasteiger partial charge on any atom is 0.0706 e. The molecule has 0 aliphatic heterocycles. The molecule has 3 heteroatoms. The molecular weight excluding hydrogens is 299 g/mol. The topological polar surface area (TPSA) is 0 Å². The third-order valence-electron chi connectivity index (χ3n) is 1.89. The van der Waals surface area contributed by atoms with Gasteiger partial charge in [0.1, 0.15) is 0 Å². The quantitative estimate of drug-likeness (QED) is 0.683. The molecule has 0 saturated heterocycles. The van der Waals surface area contributed by atoms with Crippen LogP contribution in [0.3, 0.4) is 0 Å². The van der Waals surface area contributed by atoms with Crippen LogP contribution in [0.1, 0.15) is 17.4 Å². The summed E-state index contributed by atoms with van der Waals surface area (Å²) in [7, 11) is 0. The Morgan fingerprint density at radius 3 is 2.83 bits per heavy atom. The third-order valence-corrected chi connectivity index (χ3v) is 5.40. The summed E-state index contributed by atoms with van der Waals surface area (Å²) in [6.07, 6.45) is 1.16. The van der Waals surface area contributed by atoms with Crippen LogP contribution in [0.4, 0.5) is 0 Å². The molecule has 2 aromatic heterocycles. The highest BCUT2D eigenvalue weighted by molar-refractivity contribution is 14.1. The average Bonchev–Trinajstić information content (AvgIpc) is 2.43. The van der Waals surface area contributed by atoms with Crippen LogP contribution >= 0.6 is 45.3 Å². The number of halogens is 1. The first-order valence-corrected chi connectivity index (χ1v) is 6.61. The lowest BCUT2D eigenvalue weighted by Gasteiger charge is -1.90. The zero-order valence-electron chi connectivity index (χ0n) is 6.98. The van der Waals surface area contributed by atoms with Crippen molar-refractivity contribution in [1.82, 2.24) is 0 Å². The Morgan fingerprint density at radius 1 is 1.42 bits per heavy atom. The van der Waals surface area contributed by atoms with Crippen LogP contribution in [0.25, 0.3) is 9.40 Å². The van der Waals surface area contributed by atoms with E-state index < -0.39 is 0 Å². The monoisotopic (exact) mass is 308 g/mol. The molecule has 0 saturated carbocycles. The Morgan fingerprint density at radius 2 is 2.17 bits per heavy atom. The molecule has 12 heavy (non-hydrogen) atoms. The van der Waals surface area contributed by atoms with Crippen LogP contribution in [0, 0.1) is 9.81 Å². The van der Waals surface area contributed by atoms with Crippen molar-refractivity contribution in [3.63, 3.8) is 0 Å². The minimum atomic E-state index is 1.16. The third kappa shape index (κ3) is 1.32. The van der Waals surface area contributed by atoms with Gasteiger partial charge in [0, 0.05) is 14.3 Å². The molecule has 0 radical (unpaired) electrons. The maximum atomic E-state index is 2.45. The van der Waals surface area contributed by atoms with Gasteiger partial charge in [0.2, 0.25) is 0 Å². The molecule has 0 aliphatic carbocycles. The van der Waals surface area contributed by atoms with E-state index in [9.17, 15) is 0 Å². The van der Waals surface area contributed by atoms with Gasteiger partial charge in [0.05, 0.1) is 2.88 Å². The van der Waals surface area contributed by atoms with Crippen molar-refractivity contribution in [3.8, 4) is 0 Å². The fourth-order valence-electron chi connectivity index (χ4n) is 1.32. The fraction of sp³-hybridized carbons (Fsp3) is 0.333. The van der Waals surface area contributed by atoms with Crippen molar-refractivity contribution in [1.29, 1.82) is 0 Å². The first-order chi connectivity index (χ1) is 5.72. The van der Waals surface area contributed by atoms with E-state index in [1.165, 1.54) is 17.2 Å². The van der Waals surface area contributed by atoms with Gasteiger partial charge in [-0.25, -0.2) is 0 Å². The first-order valence-electron chi connectivity index (χ1n) is 3.89. The van der Waals surface area contributed by atoms with Gasteiger partial charge in [-0.3, -0.25) is 0 Å². The molecule has 0 amide bonds. The van der Waals surface area contributed by atoms with E-state index in [0.29, 0.717) is 0 Å². The summed E-state index contributed by atoms with van der Waals surface area (Å²) >= 11 is 6.30. The summed E-state index contributed by atoms with van der Waals surface area (Å²) < 4.78 is 4.46. The number of fused-ring (bicyclic) bond motifs is 1. The van der Waals surface area contributed by atoms with E-state index in [4.69, 9.17) is 0 Å². The Balaban J connectivity index is 2.78. The minimum Gasteiger partial charge on any atom is -0.139 e. The smallest absolute Gasteiger partial charge is 0.0706 e. The van der Waals surface area contributed by atoms with Crippen LogP contribution in [0.15, 0.2) is 6.07 Å². The zero-order chi connectivity index (χ0) is 8.72. The Hall–Kier alpha value is 0.390. The van der Waals surface area contributed by atoms with Crippen LogP contribution in [-0.4, -0.2) is 0 Å². The molecule has 0 aliphatic rings.